The molecule has 3 rings (SSSR count). The van der Waals surface area contributed by atoms with Crippen LogP contribution in [0.3, 0.4) is 0 Å². The van der Waals surface area contributed by atoms with Crippen LogP contribution in [-0.2, 0) is 6.54 Å². The Bertz CT molecular complexity index is 975. The first-order valence-corrected chi connectivity index (χ1v) is 8.84. The predicted octanol–water partition coefficient (Wildman–Crippen LogP) is 2.72. The van der Waals surface area contributed by atoms with Crippen LogP contribution < -0.4 is 19.6 Å². The summed E-state index contributed by atoms with van der Waals surface area (Å²) in [5, 5.41) is 8.21. The minimum Gasteiger partial charge on any atom is -0.493 e. The molecule has 1 heterocycles. The van der Waals surface area contributed by atoms with Gasteiger partial charge >= 0.3 is 0 Å². The molecule has 1 aromatic heterocycles. The molecule has 0 saturated heterocycles. The van der Waals surface area contributed by atoms with Crippen molar-refractivity contribution in [2.45, 2.75) is 6.54 Å². The maximum Gasteiger partial charge on any atom is 0.271 e. The highest BCUT2D eigenvalue weighted by Gasteiger charge is 2.12. The van der Waals surface area contributed by atoms with E-state index >= 15 is 0 Å². The minimum absolute atomic E-state index is 0.309. The van der Waals surface area contributed by atoms with Gasteiger partial charge in [0.25, 0.3) is 5.91 Å². The number of hydrogen-bond acceptors (Lipinski definition) is 6. The van der Waals surface area contributed by atoms with Gasteiger partial charge in [0.2, 0.25) is 5.75 Å². The molecule has 1 N–H and O–H groups in total. The monoisotopic (exact) mass is 394 g/mol. The summed E-state index contributed by atoms with van der Waals surface area (Å²) in [6.07, 6.45) is 5.10. The van der Waals surface area contributed by atoms with Crippen LogP contribution in [0.25, 0.3) is 0 Å². The van der Waals surface area contributed by atoms with Crippen molar-refractivity contribution >= 4 is 12.1 Å². The summed E-state index contributed by atoms with van der Waals surface area (Å²) in [5.74, 6) is 1.19. The predicted molar refractivity (Wildman–Crippen MR) is 109 cm³/mol. The van der Waals surface area contributed by atoms with Crippen LogP contribution >= 0.6 is 0 Å². The van der Waals surface area contributed by atoms with E-state index in [4.69, 9.17) is 14.2 Å². The number of nitrogens with one attached hydrogen (secondary N) is 1. The maximum absolute atomic E-state index is 12.4. The highest BCUT2D eigenvalue weighted by atomic mass is 16.5. The summed E-state index contributed by atoms with van der Waals surface area (Å²) < 4.78 is 17.7. The highest BCUT2D eigenvalue weighted by molar-refractivity contribution is 5.95. The Morgan fingerprint density at radius 2 is 1.86 bits per heavy atom. The Labute approximate surface area is 168 Å². The van der Waals surface area contributed by atoms with Gasteiger partial charge in [-0.25, -0.2) is 5.43 Å². The lowest BCUT2D eigenvalue weighted by atomic mass is 10.1. The molecule has 0 spiro atoms. The zero-order valence-corrected chi connectivity index (χ0v) is 16.5. The summed E-state index contributed by atoms with van der Waals surface area (Å²) >= 11 is 0. The molecule has 8 heteroatoms. The standard InChI is InChI=1S/C21H22N4O4/c1-27-18-11-16(12-19(28-2)20(18)29-3)13-22-24-21(26)17-7-4-6-15(10-17)14-25-9-5-8-23-25/h4-13H,14H2,1-3H3,(H,24,26). The van der Waals surface area contributed by atoms with Crippen LogP contribution in [0, 0.1) is 0 Å². The van der Waals surface area contributed by atoms with Gasteiger partial charge in [-0.1, -0.05) is 12.1 Å². The number of aromatic nitrogens is 2. The van der Waals surface area contributed by atoms with Crippen molar-refractivity contribution < 1.29 is 19.0 Å². The normalized spacial score (nSPS) is 10.7. The lowest BCUT2D eigenvalue weighted by Gasteiger charge is -2.12. The van der Waals surface area contributed by atoms with E-state index in [1.54, 1.807) is 29.1 Å². The summed E-state index contributed by atoms with van der Waals surface area (Å²) in [4.78, 5) is 12.4. The number of nitrogens with zero attached hydrogens (tertiary/aromatic N) is 3. The fourth-order valence-corrected chi connectivity index (χ4v) is 2.80. The number of methoxy groups -OCH3 is 3. The second-order valence-corrected chi connectivity index (χ2v) is 6.06. The third kappa shape index (κ3) is 4.92. The maximum atomic E-state index is 12.4. The van der Waals surface area contributed by atoms with Crippen molar-refractivity contribution in [3.05, 3.63) is 71.5 Å². The fraction of sp³-hybridized carbons (Fsp3) is 0.190. The summed E-state index contributed by atoms with van der Waals surface area (Å²) in [5.41, 5.74) is 4.70. The zero-order chi connectivity index (χ0) is 20.6. The first-order chi connectivity index (χ1) is 14.1. The van der Waals surface area contributed by atoms with E-state index in [2.05, 4.69) is 15.6 Å². The lowest BCUT2D eigenvalue weighted by Crippen LogP contribution is -2.18. The Morgan fingerprint density at radius 3 is 2.48 bits per heavy atom. The second-order valence-electron chi connectivity index (χ2n) is 6.06. The smallest absolute Gasteiger partial charge is 0.271 e. The SMILES string of the molecule is COc1cc(C=NNC(=O)c2cccc(Cn3cccn3)c2)cc(OC)c1OC. The van der Waals surface area contributed by atoms with Crippen LogP contribution in [0.1, 0.15) is 21.5 Å². The van der Waals surface area contributed by atoms with E-state index in [0.29, 0.717) is 34.9 Å². The van der Waals surface area contributed by atoms with Crippen molar-refractivity contribution in [2.24, 2.45) is 5.10 Å². The van der Waals surface area contributed by atoms with Gasteiger partial charge in [-0.15, -0.1) is 0 Å². The van der Waals surface area contributed by atoms with E-state index in [9.17, 15) is 4.79 Å². The Kier molecular flexibility index (Phi) is 6.47. The topological polar surface area (TPSA) is 87.0 Å². The van der Waals surface area contributed by atoms with Crippen LogP contribution in [0.4, 0.5) is 0 Å². The van der Waals surface area contributed by atoms with Gasteiger partial charge in [0.05, 0.1) is 34.1 Å². The lowest BCUT2D eigenvalue weighted by molar-refractivity contribution is 0.0955. The third-order valence-corrected chi connectivity index (χ3v) is 4.16. The van der Waals surface area contributed by atoms with Crippen molar-refractivity contribution in [3.8, 4) is 17.2 Å². The molecule has 0 atom stereocenters. The molecule has 29 heavy (non-hydrogen) atoms. The molecule has 2 aromatic carbocycles. The Hall–Kier alpha value is -3.81. The van der Waals surface area contributed by atoms with Gasteiger partial charge in [0.15, 0.2) is 11.5 Å². The number of benzene rings is 2. The van der Waals surface area contributed by atoms with Gasteiger partial charge in [-0.2, -0.15) is 10.2 Å². The third-order valence-electron chi connectivity index (χ3n) is 4.16. The molecule has 0 aliphatic rings. The Balaban J connectivity index is 1.70. The molecule has 0 aliphatic carbocycles. The average Bonchev–Trinajstić information content (AvgIpc) is 3.26. The van der Waals surface area contributed by atoms with Gasteiger partial charge in [0.1, 0.15) is 0 Å². The number of rotatable bonds is 8. The molecule has 0 bridgehead atoms. The summed E-state index contributed by atoms with van der Waals surface area (Å²) in [6, 6.07) is 12.6. The van der Waals surface area contributed by atoms with Gasteiger partial charge in [0, 0.05) is 23.5 Å². The van der Waals surface area contributed by atoms with Crippen LogP contribution in [0.15, 0.2) is 60.0 Å². The number of carbonyl (C=O) groups excluding carboxylic acids is 1. The zero-order valence-electron chi connectivity index (χ0n) is 16.5. The van der Waals surface area contributed by atoms with Gasteiger partial charge < -0.3 is 14.2 Å². The first-order valence-electron chi connectivity index (χ1n) is 8.84. The molecule has 0 fully saturated rings. The molecular weight excluding hydrogens is 372 g/mol. The number of hydrogen-bond donors (Lipinski definition) is 1. The van der Waals surface area contributed by atoms with E-state index < -0.39 is 0 Å². The molecule has 150 valence electrons. The van der Waals surface area contributed by atoms with E-state index in [1.165, 1.54) is 27.5 Å². The molecule has 0 radical (unpaired) electrons. The van der Waals surface area contributed by atoms with Crippen molar-refractivity contribution in [2.75, 3.05) is 21.3 Å². The Morgan fingerprint density at radius 1 is 1.10 bits per heavy atom. The molecule has 8 nitrogen and oxygen atoms in total. The quantitative estimate of drug-likeness (QED) is 0.469. The molecule has 0 unspecified atom stereocenters. The number of ether oxygens (including phenoxy) is 3. The van der Waals surface area contributed by atoms with Crippen LogP contribution in [0.5, 0.6) is 17.2 Å². The van der Waals surface area contributed by atoms with Crippen LogP contribution in [-0.4, -0.2) is 43.2 Å². The van der Waals surface area contributed by atoms with E-state index in [1.807, 2.05) is 30.5 Å². The molecule has 3 aromatic rings. The number of hydrazone groups is 1. The molecular formula is C21H22N4O4. The van der Waals surface area contributed by atoms with Gasteiger partial charge in [-0.05, 0) is 35.9 Å². The summed E-state index contributed by atoms with van der Waals surface area (Å²) in [6.45, 7) is 0.586. The van der Waals surface area contributed by atoms with E-state index in [-0.39, 0.29) is 5.91 Å². The average molecular weight is 394 g/mol. The van der Waals surface area contributed by atoms with Crippen molar-refractivity contribution in [1.82, 2.24) is 15.2 Å². The number of amides is 1. The first kappa shape index (κ1) is 19.9. The largest absolute Gasteiger partial charge is 0.493 e. The van der Waals surface area contributed by atoms with Gasteiger partial charge in [-0.3, -0.25) is 9.48 Å². The molecule has 1 amide bonds. The number of carbonyl (C=O) groups is 1. The molecule has 0 saturated carbocycles. The highest BCUT2D eigenvalue weighted by Crippen LogP contribution is 2.37. The van der Waals surface area contributed by atoms with Crippen LogP contribution in [0.2, 0.25) is 0 Å². The van der Waals surface area contributed by atoms with E-state index in [0.717, 1.165) is 5.56 Å². The second kappa shape index (κ2) is 9.41. The van der Waals surface area contributed by atoms with Crippen molar-refractivity contribution in [3.63, 3.8) is 0 Å². The van der Waals surface area contributed by atoms with Crippen molar-refractivity contribution in [1.29, 1.82) is 0 Å². The minimum atomic E-state index is -0.309. The fourth-order valence-electron chi connectivity index (χ4n) is 2.80. The summed E-state index contributed by atoms with van der Waals surface area (Å²) in [7, 11) is 4.61. The molecule has 0 aliphatic heterocycles.